The molecule has 1 heterocycles. The standard InChI is InChI=1S/C23H29N3O2/c1-18-6-8-20(9-7-18)17-26(23(28)21-5-3-4-19(2)16-21)13-10-22(27)25-14-11-24-12-15-25/h3-9,16,24H,10-15,17H2,1-2H3. The van der Waals surface area contributed by atoms with Crippen LogP contribution in [0.1, 0.15) is 33.5 Å². The van der Waals surface area contributed by atoms with Gasteiger partial charge < -0.3 is 15.1 Å². The van der Waals surface area contributed by atoms with Gasteiger partial charge in [0, 0.05) is 51.3 Å². The van der Waals surface area contributed by atoms with Gasteiger partial charge in [0.05, 0.1) is 0 Å². The molecule has 0 saturated carbocycles. The number of carbonyl (C=O) groups excluding carboxylic acids is 2. The molecule has 1 N–H and O–H groups in total. The first-order valence-electron chi connectivity index (χ1n) is 9.93. The van der Waals surface area contributed by atoms with Crippen molar-refractivity contribution in [2.24, 2.45) is 0 Å². The van der Waals surface area contributed by atoms with Crippen molar-refractivity contribution in [3.63, 3.8) is 0 Å². The van der Waals surface area contributed by atoms with Gasteiger partial charge in [0.25, 0.3) is 5.91 Å². The van der Waals surface area contributed by atoms with E-state index in [1.165, 1.54) is 5.56 Å². The second kappa shape index (κ2) is 9.51. The summed E-state index contributed by atoms with van der Waals surface area (Å²) in [5.41, 5.74) is 3.98. The summed E-state index contributed by atoms with van der Waals surface area (Å²) in [7, 11) is 0. The van der Waals surface area contributed by atoms with E-state index in [0.29, 0.717) is 25.1 Å². The predicted molar refractivity (Wildman–Crippen MR) is 111 cm³/mol. The van der Waals surface area contributed by atoms with E-state index >= 15 is 0 Å². The van der Waals surface area contributed by atoms with Gasteiger partial charge in [0.1, 0.15) is 0 Å². The van der Waals surface area contributed by atoms with Crippen molar-refractivity contribution in [3.8, 4) is 0 Å². The largest absolute Gasteiger partial charge is 0.340 e. The van der Waals surface area contributed by atoms with Gasteiger partial charge in [-0.05, 0) is 31.5 Å². The summed E-state index contributed by atoms with van der Waals surface area (Å²) < 4.78 is 0. The molecule has 3 rings (SSSR count). The number of hydrogen-bond acceptors (Lipinski definition) is 3. The van der Waals surface area contributed by atoms with E-state index in [2.05, 4.69) is 17.4 Å². The van der Waals surface area contributed by atoms with Gasteiger partial charge in [-0.3, -0.25) is 9.59 Å². The lowest BCUT2D eigenvalue weighted by Crippen LogP contribution is -2.47. The molecule has 2 aromatic rings. The lowest BCUT2D eigenvalue weighted by molar-refractivity contribution is -0.132. The summed E-state index contributed by atoms with van der Waals surface area (Å²) in [4.78, 5) is 29.4. The summed E-state index contributed by atoms with van der Waals surface area (Å²) >= 11 is 0. The molecule has 5 heteroatoms. The topological polar surface area (TPSA) is 52.7 Å². The molecule has 1 saturated heterocycles. The van der Waals surface area contributed by atoms with E-state index in [9.17, 15) is 9.59 Å². The first-order valence-corrected chi connectivity index (χ1v) is 9.93. The second-order valence-corrected chi connectivity index (χ2v) is 7.46. The summed E-state index contributed by atoms with van der Waals surface area (Å²) in [5.74, 6) is 0.0878. The van der Waals surface area contributed by atoms with Crippen LogP contribution in [0.4, 0.5) is 0 Å². The van der Waals surface area contributed by atoms with Crippen LogP contribution in [0.15, 0.2) is 48.5 Å². The first-order chi connectivity index (χ1) is 13.5. The Morgan fingerprint density at radius 3 is 2.39 bits per heavy atom. The molecule has 0 bridgehead atoms. The van der Waals surface area contributed by atoms with E-state index in [1.54, 1.807) is 4.90 Å². The number of hydrogen-bond donors (Lipinski definition) is 1. The minimum Gasteiger partial charge on any atom is -0.340 e. The number of nitrogens with one attached hydrogen (secondary N) is 1. The number of carbonyl (C=O) groups is 2. The molecule has 0 aliphatic carbocycles. The van der Waals surface area contributed by atoms with Crippen LogP contribution in [0, 0.1) is 13.8 Å². The summed E-state index contributed by atoms with van der Waals surface area (Å²) in [6.45, 7) is 8.10. The Bertz CT molecular complexity index is 811. The predicted octanol–water partition coefficient (Wildman–Crippen LogP) is 2.77. The zero-order chi connectivity index (χ0) is 19.9. The van der Waals surface area contributed by atoms with Gasteiger partial charge in [0.2, 0.25) is 5.91 Å². The lowest BCUT2D eigenvalue weighted by atomic mass is 10.1. The second-order valence-electron chi connectivity index (χ2n) is 7.46. The van der Waals surface area contributed by atoms with Gasteiger partial charge in [-0.15, -0.1) is 0 Å². The number of benzene rings is 2. The Morgan fingerprint density at radius 2 is 1.71 bits per heavy atom. The average molecular weight is 380 g/mol. The summed E-state index contributed by atoms with van der Waals surface area (Å²) in [6, 6.07) is 15.8. The van der Waals surface area contributed by atoms with Crippen molar-refractivity contribution in [2.75, 3.05) is 32.7 Å². The van der Waals surface area contributed by atoms with Crippen LogP contribution in [-0.4, -0.2) is 54.3 Å². The molecule has 0 radical (unpaired) electrons. The van der Waals surface area contributed by atoms with Crippen molar-refractivity contribution in [3.05, 3.63) is 70.8 Å². The smallest absolute Gasteiger partial charge is 0.254 e. The molecule has 1 aliphatic heterocycles. The number of aryl methyl sites for hydroxylation is 2. The molecular weight excluding hydrogens is 350 g/mol. The van der Waals surface area contributed by atoms with Crippen LogP contribution < -0.4 is 5.32 Å². The molecule has 2 amide bonds. The normalized spacial score (nSPS) is 14.0. The van der Waals surface area contributed by atoms with Gasteiger partial charge in [-0.25, -0.2) is 0 Å². The molecule has 5 nitrogen and oxygen atoms in total. The first kappa shape index (κ1) is 20.1. The van der Waals surface area contributed by atoms with Crippen molar-refractivity contribution in [1.29, 1.82) is 0 Å². The van der Waals surface area contributed by atoms with Crippen molar-refractivity contribution < 1.29 is 9.59 Å². The van der Waals surface area contributed by atoms with Crippen LogP contribution in [0.5, 0.6) is 0 Å². The third-order valence-corrected chi connectivity index (χ3v) is 5.11. The fourth-order valence-corrected chi connectivity index (χ4v) is 3.43. The average Bonchev–Trinajstić information content (AvgIpc) is 2.72. The molecule has 1 aliphatic rings. The molecule has 0 atom stereocenters. The molecule has 2 aromatic carbocycles. The Labute approximate surface area is 167 Å². The molecule has 0 aromatic heterocycles. The third-order valence-electron chi connectivity index (χ3n) is 5.11. The highest BCUT2D eigenvalue weighted by Crippen LogP contribution is 2.14. The van der Waals surface area contributed by atoms with E-state index in [-0.39, 0.29) is 11.8 Å². The SMILES string of the molecule is Cc1ccc(CN(CCC(=O)N2CCNCC2)C(=O)c2cccc(C)c2)cc1. The Hall–Kier alpha value is -2.66. The van der Waals surface area contributed by atoms with E-state index in [4.69, 9.17) is 0 Å². The summed E-state index contributed by atoms with van der Waals surface area (Å²) in [6.07, 6.45) is 0.351. The maximum atomic E-state index is 13.1. The minimum absolute atomic E-state index is 0.0302. The van der Waals surface area contributed by atoms with E-state index in [1.807, 2.05) is 55.1 Å². The molecule has 1 fully saturated rings. The van der Waals surface area contributed by atoms with Gasteiger partial charge in [-0.2, -0.15) is 0 Å². The molecule has 148 valence electrons. The summed E-state index contributed by atoms with van der Waals surface area (Å²) in [5, 5.41) is 3.26. The third kappa shape index (κ3) is 5.42. The highest BCUT2D eigenvalue weighted by Gasteiger charge is 2.21. The minimum atomic E-state index is -0.0302. The molecule has 28 heavy (non-hydrogen) atoms. The zero-order valence-electron chi connectivity index (χ0n) is 16.8. The van der Waals surface area contributed by atoms with E-state index < -0.39 is 0 Å². The quantitative estimate of drug-likeness (QED) is 0.840. The number of nitrogens with zero attached hydrogens (tertiary/aromatic N) is 2. The zero-order valence-corrected chi connectivity index (χ0v) is 16.8. The van der Waals surface area contributed by atoms with Gasteiger partial charge in [0.15, 0.2) is 0 Å². The van der Waals surface area contributed by atoms with Crippen LogP contribution >= 0.6 is 0 Å². The van der Waals surface area contributed by atoms with E-state index in [0.717, 1.165) is 37.3 Å². The highest BCUT2D eigenvalue weighted by molar-refractivity contribution is 5.94. The lowest BCUT2D eigenvalue weighted by Gasteiger charge is -2.29. The number of rotatable bonds is 6. The van der Waals surface area contributed by atoms with Crippen LogP contribution in [0.3, 0.4) is 0 Å². The Morgan fingerprint density at radius 1 is 1.00 bits per heavy atom. The van der Waals surface area contributed by atoms with Gasteiger partial charge >= 0.3 is 0 Å². The maximum absolute atomic E-state index is 13.1. The maximum Gasteiger partial charge on any atom is 0.254 e. The molecular formula is C23H29N3O2. The van der Waals surface area contributed by atoms with Crippen LogP contribution in [0.2, 0.25) is 0 Å². The van der Waals surface area contributed by atoms with Gasteiger partial charge in [-0.1, -0.05) is 47.5 Å². The van der Waals surface area contributed by atoms with Crippen LogP contribution in [0.25, 0.3) is 0 Å². The fraction of sp³-hybridized carbons (Fsp3) is 0.391. The monoisotopic (exact) mass is 379 g/mol. The Kier molecular flexibility index (Phi) is 6.82. The van der Waals surface area contributed by atoms with Crippen molar-refractivity contribution >= 4 is 11.8 Å². The molecule has 0 unspecified atom stereocenters. The number of piperazine rings is 1. The highest BCUT2D eigenvalue weighted by atomic mass is 16.2. The van der Waals surface area contributed by atoms with Crippen LogP contribution in [-0.2, 0) is 11.3 Å². The van der Waals surface area contributed by atoms with Crippen molar-refractivity contribution in [1.82, 2.24) is 15.1 Å². The van der Waals surface area contributed by atoms with Crippen molar-refractivity contribution in [2.45, 2.75) is 26.8 Å². The molecule has 0 spiro atoms. The Balaban J connectivity index is 1.72. The number of amides is 2. The fourth-order valence-electron chi connectivity index (χ4n) is 3.43.